The summed E-state index contributed by atoms with van der Waals surface area (Å²) in [5.41, 5.74) is 5.45. The number of methoxy groups -OCH3 is 1. The second kappa shape index (κ2) is 6.83. The second-order valence-electron chi connectivity index (χ2n) is 1.95. The minimum absolute atomic E-state index is 0. The summed E-state index contributed by atoms with van der Waals surface area (Å²) in [6.45, 7) is 1.94. The topological polar surface area (TPSA) is 52.3 Å². The van der Waals surface area contributed by atoms with Gasteiger partial charge in [0, 0.05) is 6.04 Å². The molecule has 3 nitrogen and oxygen atoms in total. The SMILES string of the molecule is CC[C@H](N)CC(=O)OC.Cl. The molecule has 0 aliphatic heterocycles. The maximum atomic E-state index is 10.5. The van der Waals surface area contributed by atoms with Crippen LogP contribution in [0.4, 0.5) is 0 Å². The minimum atomic E-state index is -0.232. The summed E-state index contributed by atoms with van der Waals surface area (Å²) in [5.74, 6) is -0.232. The molecule has 0 aliphatic rings. The van der Waals surface area contributed by atoms with Gasteiger partial charge in [-0.1, -0.05) is 6.92 Å². The molecule has 0 spiro atoms. The van der Waals surface area contributed by atoms with Crippen LogP contribution in [0.15, 0.2) is 0 Å². The lowest BCUT2D eigenvalue weighted by Gasteiger charge is -2.04. The fraction of sp³-hybridized carbons (Fsp3) is 0.833. The lowest BCUT2D eigenvalue weighted by Crippen LogP contribution is -2.23. The van der Waals surface area contributed by atoms with Crippen molar-refractivity contribution in [2.75, 3.05) is 7.11 Å². The monoisotopic (exact) mass is 167 g/mol. The van der Waals surface area contributed by atoms with E-state index in [0.29, 0.717) is 6.42 Å². The first-order valence-electron chi connectivity index (χ1n) is 3.03. The van der Waals surface area contributed by atoms with Crippen molar-refractivity contribution in [2.45, 2.75) is 25.8 Å². The van der Waals surface area contributed by atoms with Gasteiger partial charge in [0.05, 0.1) is 13.5 Å². The molecular formula is C6H14ClNO2. The van der Waals surface area contributed by atoms with E-state index >= 15 is 0 Å². The molecule has 2 N–H and O–H groups in total. The molecule has 0 radical (unpaired) electrons. The van der Waals surface area contributed by atoms with E-state index in [1.807, 2.05) is 6.92 Å². The number of hydrogen-bond donors (Lipinski definition) is 1. The Bertz CT molecular complexity index is 97.7. The number of esters is 1. The zero-order valence-corrected chi connectivity index (χ0v) is 7.11. The summed E-state index contributed by atoms with van der Waals surface area (Å²) in [5, 5.41) is 0. The van der Waals surface area contributed by atoms with Gasteiger partial charge < -0.3 is 10.5 Å². The molecule has 62 valence electrons. The Hall–Kier alpha value is -0.280. The normalized spacial score (nSPS) is 11.5. The van der Waals surface area contributed by atoms with E-state index in [4.69, 9.17) is 5.73 Å². The van der Waals surface area contributed by atoms with Crippen molar-refractivity contribution >= 4 is 18.4 Å². The molecule has 0 fully saturated rings. The number of rotatable bonds is 3. The lowest BCUT2D eigenvalue weighted by atomic mass is 10.2. The molecule has 0 unspecified atom stereocenters. The van der Waals surface area contributed by atoms with Gasteiger partial charge in [-0.15, -0.1) is 12.4 Å². The van der Waals surface area contributed by atoms with Crippen LogP contribution in [0.5, 0.6) is 0 Å². The van der Waals surface area contributed by atoms with Crippen molar-refractivity contribution in [3.8, 4) is 0 Å². The summed E-state index contributed by atoms with van der Waals surface area (Å²) in [7, 11) is 1.37. The van der Waals surface area contributed by atoms with Crippen LogP contribution in [0.1, 0.15) is 19.8 Å². The molecule has 0 amide bonds. The predicted molar refractivity (Wildman–Crippen MR) is 42.1 cm³/mol. The summed E-state index contributed by atoms with van der Waals surface area (Å²) < 4.78 is 4.40. The van der Waals surface area contributed by atoms with Crippen molar-refractivity contribution in [1.82, 2.24) is 0 Å². The minimum Gasteiger partial charge on any atom is -0.469 e. The second-order valence-corrected chi connectivity index (χ2v) is 1.95. The molecule has 4 heteroatoms. The smallest absolute Gasteiger partial charge is 0.307 e. The molecule has 1 atom stereocenters. The van der Waals surface area contributed by atoms with E-state index in [-0.39, 0.29) is 24.4 Å². The first-order valence-corrected chi connectivity index (χ1v) is 3.03. The van der Waals surface area contributed by atoms with Gasteiger partial charge in [-0.2, -0.15) is 0 Å². The third-order valence-corrected chi connectivity index (χ3v) is 1.18. The summed E-state index contributed by atoms with van der Waals surface area (Å²) >= 11 is 0. The summed E-state index contributed by atoms with van der Waals surface area (Å²) in [6, 6.07) is -0.0440. The van der Waals surface area contributed by atoms with E-state index in [1.165, 1.54) is 7.11 Å². The lowest BCUT2D eigenvalue weighted by molar-refractivity contribution is -0.141. The average molecular weight is 168 g/mol. The largest absolute Gasteiger partial charge is 0.469 e. The standard InChI is InChI=1S/C6H13NO2.ClH/c1-3-5(7)4-6(8)9-2;/h5H,3-4,7H2,1-2H3;1H/t5-;/m0./s1. The van der Waals surface area contributed by atoms with Gasteiger partial charge in [-0.25, -0.2) is 0 Å². The van der Waals surface area contributed by atoms with Gasteiger partial charge in [-0.3, -0.25) is 4.79 Å². The van der Waals surface area contributed by atoms with Crippen LogP contribution < -0.4 is 5.73 Å². The molecule has 0 aliphatic carbocycles. The first kappa shape index (κ1) is 12.4. The van der Waals surface area contributed by atoms with Crippen LogP contribution in [0, 0.1) is 0 Å². The molecule has 10 heavy (non-hydrogen) atoms. The van der Waals surface area contributed by atoms with Crippen molar-refractivity contribution in [2.24, 2.45) is 5.73 Å². The highest BCUT2D eigenvalue weighted by molar-refractivity contribution is 5.85. The number of ether oxygens (including phenoxy) is 1. The molecule has 0 rings (SSSR count). The zero-order valence-electron chi connectivity index (χ0n) is 6.29. The maximum absolute atomic E-state index is 10.5. The van der Waals surface area contributed by atoms with Gasteiger partial charge in [0.2, 0.25) is 0 Å². The molecule has 0 saturated heterocycles. The molecule has 0 heterocycles. The molecule has 0 aromatic carbocycles. The molecule has 0 saturated carbocycles. The van der Waals surface area contributed by atoms with Crippen LogP contribution >= 0.6 is 12.4 Å². The average Bonchev–Trinajstić information content (AvgIpc) is 1.87. The number of hydrogen-bond acceptors (Lipinski definition) is 3. The van der Waals surface area contributed by atoms with Crippen molar-refractivity contribution < 1.29 is 9.53 Å². The molecule has 0 aromatic heterocycles. The Kier molecular flexibility index (Phi) is 8.48. The number of halogens is 1. The van der Waals surface area contributed by atoms with Crippen LogP contribution in [-0.4, -0.2) is 19.1 Å². The van der Waals surface area contributed by atoms with E-state index in [1.54, 1.807) is 0 Å². The van der Waals surface area contributed by atoms with Gasteiger partial charge >= 0.3 is 5.97 Å². The Balaban J connectivity index is 0. The Morgan fingerprint density at radius 3 is 2.50 bits per heavy atom. The zero-order chi connectivity index (χ0) is 7.28. The van der Waals surface area contributed by atoms with Crippen LogP contribution in [0.25, 0.3) is 0 Å². The molecule has 0 bridgehead atoms. The summed E-state index contributed by atoms with van der Waals surface area (Å²) in [4.78, 5) is 10.5. The van der Waals surface area contributed by atoms with Crippen molar-refractivity contribution in [3.05, 3.63) is 0 Å². The Morgan fingerprint density at radius 1 is 1.70 bits per heavy atom. The first-order chi connectivity index (χ1) is 4.20. The van der Waals surface area contributed by atoms with Crippen LogP contribution in [-0.2, 0) is 9.53 Å². The third-order valence-electron chi connectivity index (χ3n) is 1.18. The number of nitrogens with two attached hydrogens (primary N) is 1. The van der Waals surface area contributed by atoms with Gasteiger partial charge in [0.25, 0.3) is 0 Å². The van der Waals surface area contributed by atoms with Crippen molar-refractivity contribution in [1.29, 1.82) is 0 Å². The molecular weight excluding hydrogens is 154 g/mol. The third kappa shape index (κ3) is 5.85. The van der Waals surface area contributed by atoms with Gasteiger partial charge in [0.1, 0.15) is 0 Å². The van der Waals surface area contributed by atoms with E-state index in [9.17, 15) is 4.79 Å². The molecule has 0 aromatic rings. The fourth-order valence-corrected chi connectivity index (χ4v) is 0.442. The Labute approximate surface area is 67.3 Å². The fourth-order valence-electron chi connectivity index (χ4n) is 0.442. The maximum Gasteiger partial charge on any atom is 0.307 e. The highest BCUT2D eigenvalue weighted by atomic mass is 35.5. The highest BCUT2D eigenvalue weighted by Gasteiger charge is 2.05. The predicted octanol–water partition coefficient (Wildman–Crippen LogP) is 0.709. The Morgan fingerprint density at radius 2 is 2.20 bits per heavy atom. The van der Waals surface area contributed by atoms with Crippen LogP contribution in [0.3, 0.4) is 0 Å². The van der Waals surface area contributed by atoms with E-state index in [0.717, 1.165) is 6.42 Å². The van der Waals surface area contributed by atoms with Crippen molar-refractivity contribution in [3.63, 3.8) is 0 Å². The van der Waals surface area contributed by atoms with Gasteiger partial charge in [0.15, 0.2) is 0 Å². The summed E-state index contributed by atoms with van der Waals surface area (Å²) in [6.07, 6.45) is 1.14. The van der Waals surface area contributed by atoms with E-state index < -0.39 is 0 Å². The van der Waals surface area contributed by atoms with E-state index in [2.05, 4.69) is 4.74 Å². The highest BCUT2D eigenvalue weighted by Crippen LogP contribution is 1.93. The number of carbonyl (C=O) groups is 1. The quantitative estimate of drug-likeness (QED) is 0.630. The van der Waals surface area contributed by atoms with Crippen LogP contribution in [0.2, 0.25) is 0 Å². The number of carbonyl (C=O) groups excluding carboxylic acids is 1. The van der Waals surface area contributed by atoms with Gasteiger partial charge in [-0.05, 0) is 6.42 Å².